The van der Waals surface area contributed by atoms with Gasteiger partial charge in [-0.3, -0.25) is 4.99 Å². The first-order valence-electron chi connectivity index (χ1n) is 10.7. The largest absolute Gasteiger partial charge is 0.455 e. The van der Waals surface area contributed by atoms with Gasteiger partial charge in [-0.05, 0) is 83.6 Å². The summed E-state index contributed by atoms with van der Waals surface area (Å²) < 4.78 is 5.81. The molecule has 1 aromatic rings. The molecule has 1 N–H and O–H groups in total. The average molecular weight is 384 g/mol. The fourth-order valence-corrected chi connectivity index (χ4v) is 6.22. The van der Waals surface area contributed by atoms with E-state index < -0.39 is 11.2 Å². The summed E-state index contributed by atoms with van der Waals surface area (Å²) in [7, 11) is 0. The Morgan fingerprint density at radius 1 is 1.14 bits per heavy atom. The molecule has 0 aromatic heterocycles. The van der Waals surface area contributed by atoms with E-state index in [4.69, 9.17) is 9.73 Å². The summed E-state index contributed by atoms with van der Waals surface area (Å²) in [6, 6.07) is 9.97. The first-order valence-corrected chi connectivity index (χ1v) is 10.7. The van der Waals surface area contributed by atoms with Gasteiger partial charge in [0.25, 0.3) is 0 Å². The van der Waals surface area contributed by atoms with Crippen LogP contribution in [0.3, 0.4) is 0 Å². The van der Waals surface area contributed by atoms with Crippen molar-refractivity contribution in [3.8, 4) is 0 Å². The molecule has 152 valence electrons. The van der Waals surface area contributed by atoms with Gasteiger partial charge < -0.3 is 9.84 Å². The third-order valence-corrected chi connectivity index (χ3v) is 6.73. The fraction of sp³-hybridized carbons (Fsp3) is 0.667. The van der Waals surface area contributed by atoms with Crippen molar-refractivity contribution >= 4 is 11.7 Å². The van der Waals surface area contributed by atoms with Crippen molar-refractivity contribution in [2.24, 2.45) is 22.2 Å². The Bertz CT molecular complexity index is 763. The highest BCUT2D eigenvalue weighted by atomic mass is 16.6. The first-order chi connectivity index (χ1) is 13.1. The predicted molar refractivity (Wildman–Crippen MR) is 110 cm³/mol. The lowest BCUT2D eigenvalue weighted by Crippen LogP contribution is -2.59. The Labute approximate surface area is 168 Å². The molecule has 3 atom stereocenters. The van der Waals surface area contributed by atoms with Crippen LogP contribution in [0.2, 0.25) is 0 Å². The van der Waals surface area contributed by atoms with Gasteiger partial charge in [-0.25, -0.2) is 4.79 Å². The van der Waals surface area contributed by atoms with E-state index in [0.29, 0.717) is 24.0 Å². The Kier molecular flexibility index (Phi) is 4.69. The highest BCUT2D eigenvalue weighted by Gasteiger charge is 2.60. The predicted octanol–water partition coefficient (Wildman–Crippen LogP) is 4.86. The van der Waals surface area contributed by atoms with Crippen molar-refractivity contribution in [2.45, 2.75) is 83.5 Å². The molecule has 0 saturated heterocycles. The SMILES string of the molecule is C[C@@H](N=C(C(=O)OC(C)(C)C)C12CC3CC(CC(O)(C3)C1)C2)c1ccccc1. The van der Waals surface area contributed by atoms with Crippen molar-refractivity contribution in [1.29, 1.82) is 0 Å². The van der Waals surface area contributed by atoms with Gasteiger partial charge in [0.05, 0.1) is 11.6 Å². The highest BCUT2D eigenvalue weighted by Crippen LogP contribution is 2.62. The van der Waals surface area contributed by atoms with E-state index in [2.05, 4.69) is 0 Å². The van der Waals surface area contributed by atoms with Gasteiger partial charge in [-0.15, -0.1) is 0 Å². The number of ether oxygens (including phenoxy) is 1. The van der Waals surface area contributed by atoms with E-state index in [9.17, 15) is 9.90 Å². The van der Waals surface area contributed by atoms with E-state index in [1.54, 1.807) is 0 Å². The highest BCUT2D eigenvalue weighted by molar-refractivity contribution is 6.38. The zero-order valence-corrected chi connectivity index (χ0v) is 17.6. The minimum Gasteiger partial charge on any atom is -0.455 e. The summed E-state index contributed by atoms with van der Waals surface area (Å²) in [6.45, 7) is 7.73. The standard InChI is InChI=1S/C24H33NO3/c1-16(19-8-6-5-7-9-19)25-20(21(26)28-22(2,3)4)23-11-17-10-18(12-23)14-24(27,13-17)15-23/h5-9,16-18,27H,10-15H2,1-4H3/t16-,17?,18?,23?,24?/m1/s1. The Morgan fingerprint density at radius 2 is 1.75 bits per heavy atom. The van der Waals surface area contributed by atoms with Crippen LogP contribution in [0.5, 0.6) is 0 Å². The molecule has 0 spiro atoms. The zero-order chi connectivity index (χ0) is 20.2. The fourth-order valence-electron chi connectivity index (χ4n) is 6.22. The summed E-state index contributed by atoms with van der Waals surface area (Å²) in [5.41, 5.74) is 0.110. The lowest BCUT2D eigenvalue weighted by atomic mass is 9.46. The Morgan fingerprint density at radius 3 is 2.29 bits per heavy atom. The second kappa shape index (κ2) is 6.69. The second-order valence-electron chi connectivity index (χ2n) is 10.5. The van der Waals surface area contributed by atoms with Crippen LogP contribution in [0, 0.1) is 17.3 Å². The van der Waals surface area contributed by atoms with Gasteiger partial charge in [-0.2, -0.15) is 0 Å². The number of benzene rings is 1. The molecule has 5 rings (SSSR count). The molecule has 4 fully saturated rings. The van der Waals surface area contributed by atoms with Crippen molar-refractivity contribution in [3.05, 3.63) is 35.9 Å². The summed E-state index contributed by atoms with van der Waals surface area (Å²) in [4.78, 5) is 18.3. The molecule has 4 aliphatic rings. The van der Waals surface area contributed by atoms with E-state index >= 15 is 0 Å². The van der Waals surface area contributed by atoms with Crippen LogP contribution in [-0.2, 0) is 9.53 Å². The van der Waals surface area contributed by atoms with E-state index in [1.807, 2.05) is 58.0 Å². The van der Waals surface area contributed by atoms with Crippen LogP contribution in [0.15, 0.2) is 35.3 Å². The molecular weight excluding hydrogens is 350 g/mol. The van der Waals surface area contributed by atoms with E-state index in [1.165, 1.54) is 6.42 Å². The topological polar surface area (TPSA) is 58.9 Å². The molecule has 4 bridgehead atoms. The molecule has 28 heavy (non-hydrogen) atoms. The summed E-state index contributed by atoms with van der Waals surface area (Å²) in [5.74, 6) is 0.678. The first kappa shape index (κ1) is 19.6. The smallest absolute Gasteiger partial charge is 0.353 e. The average Bonchev–Trinajstić information content (AvgIpc) is 2.56. The Hall–Kier alpha value is -1.68. The van der Waals surface area contributed by atoms with E-state index in [-0.39, 0.29) is 17.4 Å². The summed E-state index contributed by atoms with van der Waals surface area (Å²) >= 11 is 0. The van der Waals surface area contributed by atoms with Gasteiger partial charge in [0.1, 0.15) is 11.3 Å². The van der Waals surface area contributed by atoms with Crippen LogP contribution < -0.4 is 0 Å². The normalized spacial score (nSPS) is 35.7. The molecule has 0 radical (unpaired) electrons. The van der Waals surface area contributed by atoms with Gasteiger partial charge in [-0.1, -0.05) is 30.3 Å². The molecule has 0 aliphatic heterocycles. The van der Waals surface area contributed by atoms with Crippen molar-refractivity contribution in [3.63, 3.8) is 0 Å². The zero-order valence-electron chi connectivity index (χ0n) is 17.6. The maximum Gasteiger partial charge on any atom is 0.353 e. The molecule has 4 nitrogen and oxygen atoms in total. The number of rotatable bonds is 4. The number of esters is 1. The number of aliphatic hydroxyl groups is 1. The number of hydrogen-bond donors (Lipinski definition) is 1. The van der Waals surface area contributed by atoms with Crippen molar-refractivity contribution < 1.29 is 14.6 Å². The molecule has 0 heterocycles. The number of hydrogen-bond acceptors (Lipinski definition) is 4. The molecule has 4 heteroatoms. The van der Waals surface area contributed by atoms with Crippen LogP contribution in [0.4, 0.5) is 0 Å². The third-order valence-electron chi connectivity index (χ3n) is 6.73. The van der Waals surface area contributed by atoms with Gasteiger partial charge >= 0.3 is 5.97 Å². The van der Waals surface area contributed by atoms with Crippen molar-refractivity contribution in [1.82, 2.24) is 0 Å². The number of nitrogens with zero attached hydrogens (tertiary/aromatic N) is 1. The quantitative estimate of drug-likeness (QED) is 0.596. The van der Waals surface area contributed by atoms with Crippen LogP contribution in [-0.4, -0.2) is 28.0 Å². The lowest BCUT2D eigenvalue weighted by molar-refractivity contribution is -0.154. The second-order valence-corrected chi connectivity index (χ2v) is 10.5. The molecule has 4 aliphatic carbocycles. The monoisotopic (exact) mass is 383 g/mol. The van der Waals surface area contributed by atoms with Crippen LogP contribution >= 0.6 is 0 Å². The minimum absolute atomic E-state index is 0.119. The number of carbonyl (C=O) groups excluding carboxylic acids is 1. The third kappa shape index (κ3) is 3.76. The van der Waals surface area contributed by atoms with Gasteiger partial charge in [0, 0.05) is 5.41 Å². The molecular formula is C24H33NO3. The Balaban J connectivity index is 1.73. The number of aliphatic imine (C=N–C) groups is 1. The van der Waals surface area contributed by atoms with Crippen molar-refractivity contribution in [2.75, 3.05) is 0 Å². The molecule has 0 amide bonds. The maximum absolute atomic E-state index is 13.3. The van der Waals surface area contributed by atoms with Gasteiger partial charge in [0.2, 0.25) is 0 Å². The minimum atomic E-state index is -0.636. The molecule has 1 aromatic carbocycles. The number of carbonyl (C=O) groups is 1. The lowest BCUT2D eigenvalue weighted by Gasteiger charge is -2.60. The van der Waals surface area contributed by atoms with Gasteiger partial charge in [0.15, 0.2) is 0 Å². The van der Waals surface area contributed by atoms with Crippen LogP contribution in [0.1, 0.15) is 77.8 Å². The molecule has 2 unspecified atom stereocenters. The molecule has 4 saturated carbocycles. The maximum atomic E-state index is 13.3. The van der Waals surface area contributed by atoms with Crippen LogP contribution in [0.25, 0.3) is 0 Å². The van der Waals surface area contributed by atoms with E-state index in [0.717, 1.165) is 31.2 Å². The summed E-state index contributed by atoms with van der Waals surface area (Å²) in [5, 5.41) is 11.2. The summed E-state index contributed by atoms with van der Waals surface area (Å²) in [6.07, 6.45) is 5.48.